The van der Waals surface area contributed by atoms with E-state index in [0.29, 0.717) is 0 Å². The van der Waals surface area contributed by atoms with Gasteiger partial charge in [-0.2, -0.15) is 0 Å². The van der Waals surface area contributed by atoms with Gasteiger partial charge in [-0.05, 0) is 37.1 Å². The third-order valence-corrected chi connectivity index (χ3v) is 5.09. The van der Waals surface area contributed by atoms with E-state index >= 15 is 0 Å². The lowest BCUT2D eigenvalue weighted by molar-refractivity contribution is 0.232. The summed E-state index contributed by atoms with van der Waals surface area (Å²) in [7, 11) is 0. The smallest absolute Gasteiger partial charge is 0.00954 e. The van der Waals surface area contributed by atoms with Gasteiger partial charge in [0, 0.05) is 6.04 Å². The second-order valence-corrected chi connectivity index (χ2v) is 6.02. The van der Waals surface area contributed by atoms with Gasteiger partial charge < -0.3 is 5.32 Å². The number of hydrogen-bond acceptors (Lipinski definition) is 1. The molecule has 2 fully saturated rings. The number of hydrogen-bond donors (Lipinski definition) is 1. The molecule has 0 saturated heterocycles. The van der Waals surface area contributed by atoms with E-state index in [4.69, 9.17) is 0 Å². The zero-order valence-electron chi connectivity index (χ0n) is 11.2. The molecule has 0 amide bonds. The quantitative estimate of drug-likeness (QED) is 0.714. The van der Waals surface area contributed by atoms with Crippen molar-refractivity contribution in [1.82, 2.24) is 5.32 Å². The van der Waals surface area contributed by atoms with E-state index in [1.807, 2.05) is 0 Å². The van der Waals surface area contributed by atoms with Crippen LogP contribution in [0.5, 0.6) is 0 Å². The fourth-order valence-electron chi connectivity index (χ4n) is 4.15. The fourth-order valence-corrected chi connectivity index (χ4v) is 4.15. The highest BCUT2D eigenvalue weighted by Gasteiger charge is 2.36. The topological polar surface area (TPSA) is 12.0 Å². The summed E-state index contributed by atoms with van der Waals surface area (Å²) in [6.45, 7) is 5.88. The van der Waals surface area contributed by atoms with Crippen LogP contribution in [0.1, 0.15) is 65.2 Å². The van der Waals surface area contributed by atoms with Crippen LogP contribution in [0.15, 0.2) is 0 Å². The molecule has 94 valence electrons. The van der Waals surface area contributed by atoms with E-state index in [1.54, 1.807) is 0 Å². The predicted octanol–water partition coefficient (Wildman–Crippen LogP) is 3.98. The molecule has 2 saturated carbocycles. The van der Waals surface area contributed by atoms with E-state index in [9.17, 15) is 0 Å². The Morgan fingerprint density at radius 1 is 0.938 bits per heavy atom. The third kappa shape index (κ3) is 2.80. The van der Waals surface area contributed by atoms with E-state index in [0.717, 1.165) is 30.3 Å². The summed E-state index contributed by atoms with van der Waals surface area (Å²) in [6.07, 6.45) is 11.9. The van der Waals surface area contributed by atoms with Crippen LogP contribution in [0, 0.1) is 17.8 Å². The summed E-state index contributed by atoms with van der Waals surface area (Å²) in [6, 6.07) is 0.818. The van der Waals surface area contributed by atoms with E-state index < -0.39 is 0 Å². The molecule has 0 radical (unpaired) electrons. The number of nitrogens with one attached hydrogen (secondary N) is 1. The van der Waals surface area contributed by atoms with Gasteiger partial charge in [0.15, 0.2) is 0 Å². The lowest BCUT2D eigenvalue weighted by atomic mass is 9.80. The number of rotatable bonds is 3. The van der Waals surface area contributed by atoms with Gasteiger partial charge in [0.05, 0.1) is 0 Å². The second-order valence-electron chi connectivity index (χ2n) is 6.02. The maximum atomic E-state index is 3.68. The van der Waals surface area contributed by atoms with Gasteiger partial charge in [-0.1, -0.05) is 52.4 Å². The van der Waals surface area contributed by atoms with Crippen LogP contribution in [0.2, 0.25) is 0 Å². The molecular weight excluding hydrogens is 194 g/mol. The Morgan fingerprint density at radius 3 is 2.25 bits per heavy atom. The fraction of sp³-hybridized carbons (Fsp3) is 1.00. The molecule has 0 aromatic rings. The SMILES string of the molecule is CCNC1CCC(C2CCCCCC2)C1C. The molecule has 0 aromatic carbocycles. The van der Waals surface area contributed by atoms with Crippen molar-refractivity contribution >= 4 is 0 Å². The molecule has 3 unspecified atom stereocenters. The van der Waals surface area contributed by atoms with E-state index in [-0.39, 0.29) is 0 Å². The first-order valence-corrected chi connectivity index (χ1v) is 7.56. The minimum absolute atomic E-state index is 0.818. The molecule has 2 aliphatic carbocycles. The first-order chi connectivity index (χ1) is 7.83. The van der Waals surface area contributed by atoms with Gasteiger partial charge in [-0.3, -0.25) is 0 Å². The predicted molar refractivity (Wildman–Crippen MR) is 70.5 cm³/mol. The van der Waals surface area contributed by atoms with Crippen LogP contribution < -0.4 is 5.32 Å². The molecule has 0 heterocycles. The minimum Gasteiger partial charge on any atom is -0.314 e. The van der Waals surface area contributed by atoms with Crippen LogP contribution in [-0.2, 0) is 0 Å². The molecular formula is C15H29N. The maximum absolute atomic E-state index is 3.68. The first-order valence-electron chi connectivity index (χ1n) is 7.56. The van der Waals surface area contributed by atoms with Crippen molar-refractivity contribution in [3.8, 4) is 0 Å². The third-order valence-electron chi connectivity index (χ3n) is 5.09. The molecule has 16 heavy (non-hydrogen) atoms. The summed E-state index contributed by atoms with van der Waals surface area (Å²) in [5.41, 5.74) is 0. The molecule has 1 heteroatoms. The van der Waals surface area contributed by atoms with Gasteiger partial charge >= 0.3 is 0 Å². The Kier molecular flexibility index (Phi) is 4.69. The Bertz CT molecular complexity index is 194. The molecule has 2 aliphatic rings. The van der Waals surface area contributed by atoms with Gasteiger partial charge in [-0.15, -0.1) is 0 Å². The molecule has 0 bridgehead atoms. The lowest BCUT2D eigenvalue weighted by Gasteiger charge is -2.28. The van der Waals surface area contributed by atoms with Crippen molar-refractivity contribution in [2.75, 3.05) is 6.54 Å². The Balaban J connectivity index is 1.89. The van der Waals surface area contributed by atoms with Crippen LogP contribution >= 0.6 is 0 Å². The average molecular weight is 223 g/mol. The van der Waals surface area contributed by atoms with Gasteiger partial charge in [0.25, 0.3) is 0 Å². The van der Waals surface area contributed by atoms with Crippen molar-refractivity contribution < 1.29 is 0 Å². The summed E-state index contributed by atoms with van der Waals surface area (Å²) < 4.78 is 0. The molecule has 1 N–H and O–H groups in total. The monoisotopic (exact) mass is 223 g/mol. The first kappa shape index (κ1) is 12.4. The van der Waals surface area contributed by atoms with Crippen LogP contribution in [-0.4, -0.2) is 12.6 Å². The van der Waals surface area contributed by atoms with Crippen molar-refractivity contribution in [2.24, 2.45) is 17.8 Å². The van der Waals surface area contributed by atoms with E-state index in [2.05, 4.69) is 19.2 Å². The summed E-state index contributed by atoms with van der Waals surface area (Å²) in [5, 5.41) is 3.68. The van der Waals surface area contributed by atoms with Crippen molar-refractivity contribution in [1.29, 1.82) is 0 Å². The zero-order valence-corrected chi connectivity index (χ0v) is 11.2. The molecule has 0 spiro atoms. The molecule has 2 rings (SSSR count). The summed E-state index contributed by atoms with van der Waals surface area (Å²) in [5.74, 6) is 3.01. The highest BCUT2D eigenvalue weighted by molar-refractivity contribution is 4.90. The highest BCUT2D eigenvalue weighted by atomic mass is 14.9. The Morgan fingerprint density at radius 2 is 1.62 bits per heavy atom. The second kappa shape index (κ2) is 6.05. The Labute approximate surface area is 101 Å². The van der Waals surface area contributed by atoms with Crippen molar-refractivity contribution in [3.63, 3.8) is 0 Å². The lowest BCUT2D eigenvalue weighted by Crippen LogP contribution is -2.33. The summed E-state index contributed by atoms with van der Waals surface area (Å²) in [4.78, 5) is 0. The van der Waals surface area contributed by atoms with Crippen LogP contribution in [0.4, 0.5) is 0 Å². The van der Waals surface area contributed by atoms with Gasteiger partial charge in [0.2, 0.25) is 0 Å². The van der Waals surface area contributed by atoms with Crippen molar-refractivity contribution in [2.45, 2.75) is 71.3 Å². The largest absolute Gasteiger partial charge is 0.314 e. The molecule has 0 aromatic heterocycles. The highest BCUT2D eigenvalue weighted by Crippen LogP contribution is 2.42. The maximum Gasteiger partial charge on any atom is 0.00954 e. The molecule has 1 nitrogen and oxygen atoms in total. The van der Waals surface area contributed by atoms with Crippen LogP contribution in [0.25, 0.3) is 0 Å². The summed E-state index contributed by atoms with van der Waals surface area (Å²) >= 11 is 0. The standard InChI is InChI=1S/C15H29N/c1-3-16-15-11-10-14(12(15)2)13-8-6-4-5-7-9-13/h12-16H,3-11H2,1-2H3. The van der Waals surface area contributed by atoms with Gasteiger partial charge in [0.1, 0.15) is 0 Å². The Hall–Kier alpha value is -0.0400. The zero-order chi connectivity index (χ0) is 11.4. The molecule has 0 aliphatic heterocycles. The normalized spacial score (nSPS) is 37.5. The molecule has 3 atom stereocenters. The van der Waals surface area contributed by atoms with Crippen molar-refractivity contribution in [3.05, 3.63) is 0 Å². The van der Waals surface area contributed by atoms with E-state index in [1.165, 1.54) is 51.4 Å². The minimum atomic E-state index is 0.818. The average Bonchev–Trinajstić information content (AvgIpc) is 2.55. The van der Waals surface area contributed by atoms with Gasteiger partial charge in [-0.25, -0.2) is 0 Å². The van der Waals surface area contributed by atoms with Crippen LogP contribution in [0.3, 0.4) is 0 Å².